The van der Waals surface area contributed by atoms with Gasteiger partial charge in [-0.1, -0.05) is 47.5 Å². The van der Waals surface area contributed by atoms with E-state index in [1.807, 2.05) is 49.4 Å². The van der Waals surface area contributed by atoms with Crippen molar-refractivity contribution in [3.05, 3.63) is 69.7 Å². The maximum absolute atomic E-state index is 11.6. The average Bonchev–Trinajstić information content (AvgIpc) is 2.38. The minimum Gasteiger partial charge on any atom is -0.302 e. The normalized spacial score (nSPS) is 13.8. The van der Waals surface area contributed by atoms with Crippen LogP contribution in [0, 0.1) is 0 Å². The van der Waals surface area contributed by atoms with Gasteiger partial charge in [0.15, 0.2) is 0 Å². The van der Waals surface area contributed by atoms with Crippen LogP contribution in [0.5, 0.6) is 0 Å². The zero-order valence-corrected chi connectivity index (χ0v) is 12.1. The molecule has 0 aliphatic carbocycles. The van der Waals surface area contributed by atoms with Crippen molar-refractivity contribution in [3.63, 3.8) is 0 Å². The topological polar surface area (TPSA) is 17.1 Å². The van der Waals surface area contributed by atoms with Crippen molar-refractivity contribution in [2.45, 2.75) is 18.8 Å². The lowest BCUT2D eigenvalue weighted by Gasteiger charge is -2.24. The molecule has 98 valence electrons. The SMILES string of the molecule is CC(C=O)(Cc1cccc(Cl)c1)c1cccc(Cl)c1. The Bertz CT molecular complexity index is 595. The highest BCUT2D eigenvalue weighted by atomic mass is 35.5. The highest BCUT2D eigenvalue weighted by molar-refractivity contribution is 6.30. The molecule has 0 aliphatic rings. The average molecular weight is 293 g/mol. The number of aldehydes is 1. The summed E-state index contributed by atoms with van der Waals surface area (Å²) >= 11 is 12.0. The van der Waals surface area contributed by atoms with Crippen LogP contribution in [0.4, 0.5) is 0 Å². The molecule has 0 bridgehead atoms. The molecule has 2 aromatic rings. The van der Waals surface area contributed by atoms with Crippen molar-refractivity contribution in [2.24, 2.45) is 0 Å². The Morgan fingerprint density at radius 1 is 1.05 bits per heavy atom. The third kappa shape index (κ3) is 3.37. The molecule has 3 heteroatoms. The Kier molecular flexibility index (Phi) is 4.28. The number of benzene rings is 2. The smallest absolute Gasteiger partial charge is 0.130 e. The molecule has 0 N–H and O–H groups in total. The molecule has 0 amide bonds. The Balaban J connectivity index is 2.35. The van der Waals surface area contributed by atoms with Crippen LogP contribution in [0.3, 0.4) is 0 Å². The van der Waals surface area contributed by atoms with Crippen molar-refractivity contribution in [3.8, 4) is 0 Å². The first-order valence-electron chi connectivity index (χ1n) is 6.00. The molecule has 0 spiro atoms. The standard InChI is InChI=1S/C16H14Cl2O/c1-16(11-19,13-5-3-7-15(18)9-13)10-12-4-2-6-14(17)8-12/h2-9,11H,10H2,1H3. The number of hydrogen-bond donors (Lipinski definition) is 0. The zero-order valence-electron chi connectivity index (χ0n) is 10.6. The summed E-state index contributed by atoms with van der Waals surface area (Å²) in [6.45, 7) is 1.91. The van der Waals surface area contributed by atoms with E-state index >= 15 is 0 Å². The fraction of sp³-hybridized carbons (Fsp3) is 0.188. The molecule has 0 radical (unpaired) electrons. The molecule has 0 aliphatic heterocycles. The lowest BCUT2D eigenvalue weighted by atomic mass is 9.79. The van der Waals surface area contributed by atoms with E-state index in [-0.39, 0.29) is 0 Å². The molecule has 0 fully saturated rings. The molecule has 2 aromatic carbocycles. The largest absolute Gasteiger partial charge is 0.302 e. The lowest BCUT2D eigenvalue weighted by Crippen LogP contribution is -2.26. The Labute approximate surface area is 123 Å². The number of carbonyl (C=O) groups excluding carboxylic acids is 1. The van der Waals surface area contributed by atoms with E-state index < -0.39 is 5.41 Å². The lowest BCUT2D eigenvalue weighted by molar-refractivity contribution is -0.112. The van der Waals surface area contributed by atoms with Gasteiger partial charge in [-0.2, -0.15) is 0 Å². The first-order chi connectivity index (χ1) is 9.03. The quantitative estimate of drug-likeness (QED) is 0.747. The van der Waals surface area contributed by atoms with Crippen LogP contribution in [0.1, 0.15) is 18.1 Å². The molecule has 2 rings (SSSR count). The first kappa shape index (κ1) is 14.1. The summed E-state index contributed by atoms with van der Waals surface area (Å²) < 4.78 is 0. The predicted octanol–water partition coefficient (Wildman–Crippen LogP) is 4.69. The van der Waals surface area contributed by atoms with E-state index in [1.165, 1.54) is 0 Å². The van der Waals surface area contributed by atoms with Gasteiger partial charge in [-0.3, -0.25) is 0 Å². The molecule has 1 atom stereocenters. The van der Waals surface area contributed by atoms with Gasteiger partial charge in [0.25, 0.3) is 0 Å². The zero-order chi connectivity index (χ0) is 13.9. The van der Waals surface area contributed by atoms with Crippen molar-refractivity contribution >= 4 is 29.5 Å². The summed E-state index contributed by atoms with van der Waals surface area (Å²) in [5.41, 5.74) is 1.34. The predicted molar refractivity (Wildman–Crippen MR) is 80.0 cm³/mol. The Morgan fingerprint density at radius 2 is 1.68 bits per heavy atom. The summed E-state index contributed by atoms with van der Waals surface area (Å²) in [6, 6.07) is 15.0. The first-order valence-corrected chi connectivity index (χ1v) is 6.76. The van der Waals surface area contributed by atoms with Crippen LogP contribution in [0.25, 0.3) is 0 Å². The van der Waals surface area contributed by atoms with Crippen LogP contribution < -0.4 is 0 Å². The van der Waals surface area contributed by atoms with Gasteiger partial charge in [-0.15, -0.1) is 0 Å². The van der Waals surface area contributed by atoms with E-state index in [0.717, 1.165) is 17.4 Å². The van der Waals surface area contributed by atoms with Gasteiger partial charge in [0.2, 0.25) is 0 Å². The monoisotopic (exact) mass is 292 g/mol. The van der Waals surface area contributed by atoms with Gasteiger partial charge in [-0.05, 0) is 48.7 Å². The van der Waals surface area contributed by atoms with E-state index in [0.29, 0.717) is 16.5 Å². The number of hydrogen-bond acceptors (Lipinski definition) is 1. The van der Waals surface area contributed by atoms with E-state index in [1.54, 1.807) is 6.07 Å². The van der Waals surface area contributed by atoms with E-state index in [4.69, 9.17) is 23.2 Å². The molecule has 0 saturated heterocycles. The van der Waals surface area contributed by atoms with Gasteiger partial charge in [-0.25, -0.2) is 0 Å². The number of rotatable bonds is 4. The second kappa shape index (κ2) is 5.77. The van der Waals surface area contributed by atoms with E-state index in [9.17, 15) is 4.79 Å². The van der Waals surface area contributed by atoms with Gasteiger partial charge in [0.05, 0.1) is 5.41 Å². The van der Waals surface area contributed by atoms with Gasteiger partial charge < -0.3 is 4.79 Å². The highest BCUT2D eigenvalue weighted by Crippen LogP contribution is 2.28. The minimum absolute atomic E-state index is 0.595. The molecule has 1 nitrogen and oxygen atoms in total. The fourth-order valence-corrected chi connectivity index (χ4v) is 2.53. The number of carbonyl (C=O) groups is 1. The number of halogens is 2. The van der Waals surface area contributed by atoms with Gasteiger partial charge in [0, 0.05) is 10.0 Å². The summed E-state index contributed by atoms with van der Waals surface area (Å²) in [7, 11) is 0. The molecule has 19 heavy (non-hydrogen) atoms. The van der Waals surface area contributed by atoms with Gasteiger partial charge in [0.1, 0.15) is 6.29 Å². The third-order valence-corrected chi connectivity index (χ3v) is 3.67. The van der Waals surface area contributed by atoms with Crippen LogP contribution in [0.2, 0.25) is 10.0 Å². The molecule has 0 heterocycles. The molecular weight excluding hydrogens is 279 g/mol. The summed E-state index contributed by atoms with van der Waals surface area (Å²) in [4.78, 5) is 11.6. The van der Waals surface area contributed by atoms with Crippen molar-refractivity contribution in [1.29, 1.82) is 0 Å². The van der Waals surface area contributed by atoms with Crippen molar-refractivity contribution in [1.82, 2.24) is 0 Å². The highest BCUT2D eigenvalue weighted by Gasteiger charge is 2.26. The summed E-state index contributed by atoms with van der Waals surface area (Å²) in [5, 5.41) is 1.31. The second-order valence-electron chi connectivity index (χ2n) is 4.85. The molecule has 0 saturated carbocycles. The van der Waals surface area contributed by atoms with Crippen LogP contribution in [-0.2, 0) is 16.6 Å². The van der Waals surface area contributed by atoms with Crippen LogP contribution >= 0.6 is 23.2 Å². The molecule has 0 aromatic heterocycles. The molecular formula is C16H14Cl2O. The fourth-order valence-electron chi connectivity index (χ4n) is 2.13. The maximum atomic E-state index is 11.6. The third-order valence-electron chi connectivity index (χ3n) is 3.20. The summed E-state index contributed by atoms with van der Waals surface area (Å²) in [6.07, 6.45) is 1.57. The molecule has 1 unspecified atom stereocenters. The van der Waals surface area contributed by atoms with Crippen LogP contribution in [0.15, 0.2) is 48.5 Å². The van der Waals surface area contributed by atoms with Crippen molar-refractivity contribution < 1.29 is 4.79 Å². The summed E-state index contributed by atoms with van der Waals surface area (Å²) in [5.74, 6) is 0. The Morgan fingerprint density at radius 3 is 2.26 bits per heavy atom. The van der Waals surface area contributed by atoms with E-state index in [2.05, 4.69) is 0 Å². The minimum atomic E-state index is -0.602. The van der Waals surface area contributed by atoms with Crippen LogP contribution in [-0.4, -0.2) is 6.29 Å². The van der Waals surface area contributed by atoms with Gasteiger partial charge >= 0.3 is 0 Å². The van der Waals surface area contributed by atoms with Crippen molar-refractivity contribution in [2.75, 3.05) is 0 Å². The maximum Gasteiger partial charge on any atom is 0.130 e. The Hall–Kier alpha value is -1.31. The second-order valence-corrected chi connectivity index (χ2v) is 5.73.